The lowest BCUT2D eigenvalue weighted by atomic mass is 9.93. The SMILES string of the molecule is CCC(N)(CC)C(=O)NCc1ccc2c(c1)OCCO2. The van der Waals surface area contributed by atoms with Crippen LogP contribution in [0.3, 0.4) is 0 Å². The smallest absolute Gasteiger partial charge is 0.240 e. The summed E-state index contributed by atoms with van der Waals surface area (Å²) >= 11 is 0. The van der Waals surface area contributed by atoms with Crippen molar-refractivity contribution < 1.29 is 14.3 Å². The standard InChI is InChI=1S/C15H22N2O3/c1-3-15(16,4-2)14(18)17-10-11-5-6-12-13(9-11)20-8-7-19-12/h5-6,9H,3-4,7-8,10,16H2,1-2H3,(H,17,18). The van der Waals surface area contributed by atoms with Crippen molar-refractivity contribution in [2.24, 2.45) is 5.73 Å². The summed E-state index contributed by atoms with van der Waals surface area (Å²) in [7, 11) is 0. The Labute approximate surface area is 119 Å². The number of ether oxygens (including phenoxy) is 2. The highest BCUT2D eigenvalue weighted by molar-refractivity contribution is 5.85. The summed E-state index contributed by atoms with van der Waals surface area (Å²) in [6.45, 7) is 5.42. The zero-order valence-corrected chi connectivity index (χ0v) is 12.1. The summed E-state index contributed by atoms with van der Waals surface area (Å²) in [6, 6.07) is 5.68. The molecule has 0 atom stereocenters. The zero-order valence-electron chi connectivity index (χ0n) is 12.1. The first-order valence-corrected chi connectivity index (χ1v) is 7.04. The lowest BCUT2D eigenvalue weighted by Gasteiger charge is -2.25. The number of nitrogens with two attached hydrogens (primary N) is 1. The largest absolute Gasteiger partial charge is 0.486 e. The highest BCUT2D eigenvalue weighted by Gasteiger charge is 2.29. The van der Waals surface area contributed by atoms with E-state index in [0.29, 0.717) is 32.6 Å². The van der Waals surface area contributed by atoms with Crippen LogP contribution in [0.5, 0.6) is 11.5 Å². The van der Waals surface area contributed by atoms with Gasteiger partial charge in [0, 0.05) is 6.54 Å². The second-order valence-corrected chi connectivity index (χ2v) is 5.02. The Morgan fingerprint density at radius 1 is 1.25 bits per heavy atom. The fraction of sp³-hybridized carbons (Fsp3) is 0.533. The van der Waals surface area contributed by atoms with Crippen molar-refractivity contribution in [3.05, 3.63) is 23.8 Å². The fourth-order valence-electron chi connectivity index (χ4n) is 2.13. The topological polar surface area (TPSA) is 73.6 Å². The van der Waals surface area contributed by atoms with Crippen molar-refractivity contribution in [2.45, 2.75) is 38.8 Å². The first-order valence-electron chi connectivity index (χ1n) is 7.04. The first-order chi connectivity index (χ1) is 9.59. The van der Waals surface area contributed by atoms with Gasteiger partial charge in [0.05, 0.1) is 5.54 Å². The Bertz CT molecular complexity index is 484. The van der Waals surface area contributed by atoms with E-state index in [0.717, 1.165) is 17.1 Å². The van der Waals surface area contributed by atoms with E-state index in [1.54, 1.807) is 0 Å². The minimum absolute atomic E-state index is 0.114. The molecule has 0 radical (unpaired) electrons. The van der Waals surface area contributed by atoms with Crippen LogP contribution in [-0.4, -0.2) is 24.7 Å². The van der Waals surface area contributed by atoms with Crippen molar-refractivity contribution in [3.63, 3.8) is 0 Å². The molecule has 0 saturated heterocycles. The molecule has 5 nitrogen and oxygen atoms in total. The average Bonchev–Trinajstić information content (AvgIpc) is 2.51. The van der Waals surface area contributed by atoms with Gasteiger partial charge in [-0.25, -0.2) is 0 Å². The van der Waals surface area contributed by atoms with Gasteiger partial charge in [-0.3, -0.25) is 4.79 Å². The Balaban J connectivity index is 1.99. The molecule has 1 aromatic rings. The van der Waals surface area contributed by atoms with Crippen LogP contribution in [0.1, 0.15) is 32.3 Å². The maximum Gasteiger partial charge on any atom is 0.240 e. The van der Waals surface area contributed by atoms with Crippen LogP contribution in [0.4, 0.5) is 0 Å². The van der Waals surface area contributed by atoms with Crippen molar-refractivity contribution in [2.75, 3.05) is 13.2 Å². The third-order valence-corrected chi connectivity index (χ3v) is 3.77. The van der Waals surface area contributed by atoms with Gasteiger partial charge in [-0.2, -0.15) is 0 Å². The number of nitrogens with one attached hydrogen (secondary N) is 1. The Hall–Kier alpha value is -1.75. The molecule has 2 rings (SSSR count). The van der Waals surface area contributed by atoms with Gasteiger partial charge in [0.2, 0.25) is 5.91 Å². The van der Waals surface area contributed by atoms with Gasteiger partial charge < -0.3 is 20.5 Å². The summed E-state index contributed by atoms with van der Waals surface area (Å²) in [5, 5.41) is 2.89. The van der Waals surface area contributed by atoms with Crippen LogP contribution in [0, 0.1) is 0 Å². The predicted molar refractivity (Wildman–Crippen MR) is 76.8 cm³/mol. The normalized spacial score (nSPS) is 13.9. The molecular weight excluding hydrogens is 256 g/mol. The highest BCUT2D eigenvalue weighted by Crippen LogP contribution is 2.30. The number of amides is 1. The van der Waals surface area contributed by atoms with Crippen molar-refractivity contribution in [1.29, 1.82) is 0 Å². The van der Waals surface area contributed by atoms with E-state index in [4.69, 9.17) is 15.2 Å². The Morgan fingerprint density at radius 3 is 2.55 bits per heavy atom. The van der Waals surface area contributed by atoms with Gasteiger partial charge in [0.15, 0.2) is 11.5 Å². The number of benzene rings is 1. The van der Waals surface area contributed by atoms with E-state index in [1.165, 1.54) is 0 Å². The highest BCUT2D eigenvalue weighted by atomic mass is 16.6. The second-order valence-electron chi connectivity index (χ2n) is 5.02. The number of hydrogen-bond donors (Lipinski definition) is 2. The van der Waals surface area contributed by atoms with E-state index in [9.17, 15) is 4.79 Å². The Morgan fingerprint density at radius 2 is 1.90 bits per heavy atom. The molecule has 1 heterocycles. The minimum atomic E-state index is -0.784. The summed E-state index contributed by atoms with van der Waals surface area (Å²) in [4.78, 5) is 12.1. The molecule has 0 unspecified atom stereocenters. The van der Waals surface area contributed by atoms with E-state index in [-0.39, 0.29) is 5.91 Å². The third kappa shape index (κ3) is 3.04. The monoisotopic (exact) mass is 278 g/mol. The molecular formula is C15H22N2O3. The van der Waals surface area contributed by atoms with Crippen LogP contribution < -0.4 is 20.5 Å². The molecule has 0 bridgehead atoms. The van der Waals surface area contributed by atoms with Crippen LogP contribution in [0.15, 0.2) is 18.2 Å². The van der Waals surface area contributed by atoms with E-state index >= 15 is 0 Å². The van der Waals surface area contributed by atoms with Gasteiger partial charge in [-0.05, 0) is 30.5 Å². The quantitative estimate of drug-likeness (QED) is 0.858. The second kappa shape index (κ2) is 6.13. The molecule has 1 aliphatic heterocycles. The maximum atomic E-state index is 12.1. The zero-order chi connectivity index (χ0) is 14.6. The van der Waals surface area contributed by atoms with Gasteiger partial charge in [-0.15, -0.1) is 0 Å². The number of fused-ring (bicyclic) bond motifs is 1. The third-order valence-electron chi connectivity index (χ3n) is 3.77. The molecule has 0 aromatic heterocycles. The summed E-state index contributed by atoms with van der Waals surface area (Å²) in [6.07, 6.45) is 1.24. The summed E-state index contributed by atoms with van der Waals surface area (Å²) < 4.78 is 11.0. The number of rotatable bonds is 5. The minimum Gasteiger partial charge on any atom is -0.486 e. The van der Waals surface area contributed by atoms with Crippen molar-refractivity contribution >= 4 is 5.91 Å². The first kappa shape index (κ1) is 14.7. The number of carbonyl (C=O) groups excluding carboxylic acids is 1. The average molecular weight is 278 g/mol. The molecule has 1 amide bonds. The van der Waals surface area contributed by atoms with E-state index in [2.05, 4.69) is 5.32 Å². The van der Waals surface area contributed by atoms with Crippen LogP contribution in [-0.2, 0) is 11.3 Å². The predicted octanol–water partition coefficient (Wildman–Crippen LogP) is 1.59. The number of carbonyl (C=O) groups is 1. The molecule has 0 aliphatic carbocycles. The molecule has 1 aliphatic rings. The van der Waals surface area contributed by atoms with Crippen LogP contribution in [0.2, 0.25) is 0 Å². The van der Waals surface area contributed by atoms with Crippen LogP contribution >= 0.6 is 0 Å². The molecule has 5 heteroatoms. The molecule has 1 aromatic carbocycles. The molecule has 3 N–H and O–H groups in total. The number of hydrogen-bond acceptors (Lipinski definition) is 4. The molecule has 0 saturated carbocycles. The van der Waals surface area contributed by atoms with Gasteiger partial charge >= 0.3 is 0 Å². The molecule has 110 valence electrons. The summed E-state index contributed by atoms with van der Waals surface area (Å²) in [5.41, 5.74) is 6.24. The lowest BCUT2D eigenvalue weighted by molar-refractivity contribution is -0.126. The van der Waals surface area contributed by atoms with Gasteiger partial charge in [-0.1, -0.05) is 19.9 Å². The van der Waals surface area contributed by atoms with Gasteiger partial charge in [0.1, 0.15) is 13.2 Å². The van der Waals surface area contributed by atoms with Crippen molar-refractivity contribution in [1.82, 2.24) is 5.32 Å². The molecule has 0 spiro atoms. The lowest BCUT2D eigenvalue weighted by Crippen LogP contribution is -2.52. The Kier molecular flexibility index (Phi) is 4.49. The van der Waals surface area contributed by atoms with E-state index < -0.39 is 5.54 Å². The summed E-state index contributed by atoms with van der Waals surface area (Å²) in [5.74, 6) is 1.37. The van der Waals surface area contributed by atoms with E-state index in [1.807, 2.05) is 32.0 Å². The molecule has 0 fully saturated rings. The fourth-order valence-corrected chi connectivity index (χ4v) is 2.13. The van der Waals surface area contributed by atoms with Gasteiger partial charge in [0.25, 0.3) is 0 Å². The van der Waals surface area contributed by atoms with Crippen molar-refractivity contribution in [3.8, 4) is 11.5 Å². The maximum absolute atomic E-state index is 12.1. The van der Waals surface area contributed by atoms with Crippen LogP contribution in [0.25, 0.3) is 0 Å². The molecule has 20 heavy (non-hydrogen) atoms.